The van der Waals surface area contributed by atoms with E-state index < -0.39 is 47.0 Å². The van der Waals surface area contributed by atoms with Gasteiger partial charge in [-0.2, -0.15) is 0 Å². The standard InChI is InChI=1S/C31H49NO9/c1-11-20(4)19-38-29(36)39-21(5)18-32-23(26(33)37-10)16-22-14-15-24(40-27(34)30(6,7)12-2)25(17-22)41-28(35)31(8,9)13-3/h14-15,17,20-21,23,32H,11-13,16,18-19H2,1-10H3/t20?,21?,23-/m0/s1. The molecule has 0 amide bonds. The van der Waals surface area contributed by atoms with E-state index in [2.05, 4.69) is 5.32 Å². The van der Waals surface area contributed by atoms with Gasteiger partial charge >= 0.3 is 24.1 Å². The van der Waals surface area contributed by atoms with Crippen molar-refractivity contribution in [3.63, 3.8) is 0 Å². The highest BCUT2D eigenvalue weighted by Crippen LogP contribution is 2.34. The van der Waals surface area contributed by atoms with E-state index in [0.29, 0.717) is 18.4 Å². The largest absolute Gasteiger partial charge is 0.508 e. The maximum Gasteiger partial charge on any atom is 0.508 e. The van der Waals surface area contributed by atoms with Crippen LogP contribution < -0.4 is 14.8 Å². The number of nitrogens with one attached hydrogen (secondary N) is 1. The Hall–Kier alpha value is -3.14. The summed E-state index contributed by atoms with van der Waals surface area (Å²) < 4.78 is 26.7. The average Bonchev–Trinajstić information content (AvgIpc) is 2.94. The van der Waals surface area contributed by atoms with E-state index in [1.54, 1.807) is 52.8 Å². The molecule has 0 fully saturated rings. The third kappa shape index (κ3) is 11.7. The van der Waals surface area contributed by atoms with Crippen LogP contribution in [0.4, 0.5) is 4.79 Å². The molecular formula is C31H49NO9. The maximum absolute atomic E-state index is 12.9. The summed E-state index contributed by atoms with van der Waals surface area (Å²) in [4.78, 5) is 50.2. The van der Waals surface area contributed by atoms with Gasteiger partial charge in [0, 0.05) is 6.54 Å². The molecule has 10 heteroatoms. The molecule has 0 radical (unpaired) electrons. The molecule has 0 aromatic heterocycles. The first-order valence-electron chi connectivity index (χ1n) is 14.3. The Morgan fingerprint density at radius 3 is 1.95 bits per heavy atom. The van der Waals surface area contributed by atoms with Gasteiger partial charge in [-0.05, 0) is 77.5 Å². The minimum Gasteiger partial charge on any atom is -0.468 e. The molecule has 0 aliphatic rings. The Morgan fingerprint density at radius 1 is 0.878 bits per heavy atom. The molecule has 1 aromatic carbocycles. The molecule has 0 saturated heterocycles. The predicted octanol–water partition coefficient (Wildman–Crippen LogP) is 5.63. The summed E-state index contributed by atoms with van der Waals surface area (Å²) in [7, 11) is 1.28. The lowest BCUT2D eigenvalue weighted by atomic mass is 9.90. The van der Waals surface area contributed by atoms with E-state index in [0.717, 1.165) is 6.42 Å². The van der Waals surface area contributed by atoms with Gasteiger partial charge in [-0.3, -0.25) is 14.4 Å². The summed E-state index contributed by atoms with van der Waals surface area (Å²) in [6, 6.07) is 4.02. The molecule has 1 N–H and O–H groups in total. The minimum atomic E-state index is -0.801. The van der Waals surface area contributed by atoms with Crippen molar-refractivity contribution in [3.05, 3.63) is 23.8 Å². The van der Waals surface area contributed by atoms with Crippen LogP contribution in [0.1, 0.15) is 87.1 Å². The number of hydrogen-bond donors (Lipinski definition) is 1. The first-order chi connectivity index (χ1) is 19.1. The summed E-state index contributed by atoms with van der Waals surface area (Å²) in [5.74, 6) is -1.03. The van der Waals surface area contributed by atoms with Crippen LogP contribution in [-0.2, 0) is 35.0 Å². The molecule has 41 heavy (non-hydrogen) atoms. The Kier molecular flexibility index (Phi) is 14.3. The highest BCUT2D eigenvalue weighted by atomic mass is 16.7. The molecule has 2 unspecified atom stereocenters. The molecule has 0 aliphatic heterocycles. The van der Waals surface area contributed by atoms with Crippen LogP contribution in [-0.4, -0.2) is 56.5 Å². The molecule has 1 rings (SSSR count). The van der Waals surface area contributed by atoms with Crippen LogP contribution in [0.5, 0.6) is 11.5 Å². The summed E-state index contributed by atoms with van der Waals surface area (Å²) in [6.07, 6.45) is 0.793. The lowest BCUT2D eigenvalue weighted by Gasteiger charge is -2.24. The second-order valence-corrected chi connectivity index (χ2v) is 11.7. The van der Waals surface area contributed by atoms with Crippen molar-refractivity contribution in [2.45, 2.75) is 100 Å². The van der Waals surface area contributed by atoms with Gasteiger partial charge in [0.15, 0.2) is 11.5 Å². The Morgan fingerprint density at radius 2 is 1.44 bits per heavy atom. The molecule has 0 saturated carbocycles. The minimum absolute atomic E-state index is 0.0821. The second-order valence-electron chi connectivity index (χ2n) is 11.7. The molecule has 0 spiro atoms. The van der Waals surface area contributed by atoms with Crippen molar-refractivity contribution in [1.82, 2.24) is 5.32 Å². The van der Waals surface area contributed by atoms with Gasteiger partial charge in [-0.25, -0.2) is 4.79 Å². The van der Waals surface area contributed by atoms with Crippen molar-refractivity contribution >= 4 is 24.1 Å². The lowest BCUT2D eigenvalue weighted by molar-refractivity contribution is -0.147. The van der Waals surface area contributed by atoms with Crippen LogP contribution in [0.15, 0.2) is 18.2 Å². The van der Waals surface area contributed by atoms with E-state index in [1.807, 2.05) is 27.7 Å². The molecule has 232 valence electrons. The van der Waals surface area contributed by atoms with E-state index in [1.165, 1.54) is 7.11 Å². The van der Waals surface area contributed by atoms with Crippen LogP contribution in [0.2, 0.25) is 0 Å². The fourth-order valence-corrected chi connectivity index (χ4v) is 3.10. The van der Waals surface area contributed by atoms with Crippen LogP contribution >= 0.6 is 0 Å². The fourth-order valence-electron chi connectivity index (χ4n) is 3.10. The van der Waals surface area contributed by atoms with Gasteiger partial charge in [0.25, 0.3) is 0 Å². The second kappa shape index (κ2) is 16.3. The van der Waals surface area contributed by atoms with Gasteiger partial charge in [-0.15, -0.1) is 0 Å². The fraction of sp³-hybridized carbons (Fsp3) is 0.677. The smallest absolute Gasteiger partial charge is 0.468 e. The van der Waals surface area contributed by atoms with Crippen LogP contribution in [0.25, 0.3) is 0 Å². The molecule has 0 heterocycles. The maximum atomic E-state index is 12.9. The molecule has 10 nitrogen and oxygen atoms in total. The predicted molar refractivity (Wildman–Crippen MR) is 155 cm³/mol. The van der Waals surface area contributed by atoms with Gasteiger partial charge in [0.1, 0.15) is 12.1 Å². The average molecular weight is 580 g/mol. The zero-order valence-electron chi connectivity index (χ0n) is 26.4. The highest BCUT2D eigenvalue weighted by Gasteiger charge is 2.32. The topological polar surface area (TPSA) is 126 Å². The Balaban J connectivity index is 3.12. The van der Waals surface area contributed by atoms with Crippen molar-refractivity contribution in [3.8, 4) is 11.5 Å². The number of methoxy groups -OCH3 is 1. The Bertz CT molecular complexity index is 1030. The van der Waals surface area contributed by atoms with E-state index in [4.69, 9.17) is 23.7 Å². The highest BCUT2D eigenvalue weighted by molar-refractivity contribution is 5.81. The number of benzene rings is 1. The van der Waals surface area contributed by atoms with Crippen molar-refractivity contribution in [2.75, 3.05) is 20.3 Å². The summed E-state index contributed by atoms with van der Waals surface area (Å²) in [6.45, 7) is 16.9. The SMILES string of the molecule is CCC(C)COC(=O)OC(C)CN[C@@H](Cc1ccc(OC(=O)C(C)(C)CC)c(OC(=O)C(C)(C)CC)c1)C(=O)OC. The van der Waals surface area contributed by atoms with Gasteiger partial charge in [0.2, 0.25) is 0 Å². The molecular weight excluding hydrogens is 530 g/mol. The summed E-state index contributed by atoms with van der Waals surface area (Å²) in [5.41, 5.74) is -0.870. The number of rotatable bonds is 16. The number of carbonyl (C=O) groups is 4. The number of carbonyl (C=O) groups excluding carboxylic acids is 4. The van der Waals surface area contributed by atoms with Crippen molar-refractivity contribution in [2.24, 2.45) is 16.7 Å². The summed E-state index contributed by atoms with van der Waals surface area (Å²) in [5, 5.41) is 3.07. The zero-order chi connectivity index (χ0) is 31.4. The monoisotopic (exact) mass is 579 g/mol. The Labute approximate surface area is 244 Å². The molecule has 3 atom stereocenters. The normalized spacial score (nSPS) is 13.9. The van der Waals surface area contributed by atoms with Crippen molar-refractivity contribution in [1.29, 1.82) is 0 Å². The van der Waals surface area contributed by atoms with Crippen LogP contribution in [0, 0.1) is 16.7 Å². The molecule has 0 aliphatic carbocycles. The van der Waals surface area contributed by atoms with E-state index in [-0.39, 0.29) is 37.0 Å². The first-order valence-corrected chi connectivity index (χ1v) is 14.3. The van der Waals surface area contributed by atoms with Gasteiger partial charge in [0.05, 0.1) is 24.5 Å². The number of hydrogen-bond acceptors (Lipinski definition) is 10. The molecule has 1 aromatic rings. The van der Waals surface area contributed by atoms with Gasteiger partial charge < -0.3 is 29.0 Å². The van der Waals surface area contributed by atoms with E-state index >= 15 is 0 Å². The van der Waals surface area contributed by atoms with Crippen LogP contribution in [0.3, 0.4) is 0 Å². The molecule has 0 bridgehead atoms. The van der Waals surface area contributed by atoms with E-state index in [9.17, 15) is 19.2 Å². The summed E-state index contributed by atoms with van der Waals surface area (Å²) >= 11 is 0. The number of ether oxygens (including phenoxy) is 5. The van der Waals surface area contributed by atoms with Crippen molar-refractivity contribution < 1.29 is 42.9 Å². The number of esters is 3. The third-order valence-electron chi connectivity index (χ3n) is 7.34. The van der Waals surface area contributed by atoms with Gasteiger partial charge in [-0.1, -0.05) is 40.2 Å². The third-order valence-corrected chi connectivity index (χ3v) is 7.34. The zero-order valence-corrected chi connectivity index (χ0v) is 26.4. The lowest BCUT2D eigenvalue weighted by Crippen LogP contribution is -2.43. The quantitative estimate of drug-likeness (QED) is 0.194. The first kappa shape index (κ1) is 35.9.